The van der Waals surface area contributed by atoms with Crippen LogP contribution in [0.2, 0.25) is 0 Å². The number of phenols is 1. The Morgan fingerprint density at radius 3 is 2.73 bits per heavy atom. The molecule has 1 aliphatic heterocycles. The van der Waals surface area contributed by atoms with Crippen molar-refractivity contribution in [3.8, 4) is 17.6 Å². The lowest BCUT2D eigenvalue weighted by molar-refractivity contribution is 0.157. The van der Waals surface area contributed by atoms with Gasteiger partial charge in [0.15, 0.2) is 11.5 Å². The molecule has 2 aliphatic rings. The zero-order valence-corrected chi connectivity index (χ0v) is 13.0. The lowest BCUT2D eigenvalue weighted by atomic mass is 9.93. The van der Waals surface area contributed by atoms with Gasteiger partial charge in [-0.15, -0.1) is 0 Å². The number of nitriles is 1. The van der Waals surface area contributed by atoms with E-state index in [1.165, 1.54) is 12.8 Å². The van der Waals surface area contributed by atoms with Crippen LogP contribution in [0.25, 0.3) is 0 Å². The Morgan fingerprint density at radius 1 is 1.41 bits per heavy atom. The molecule has 1 heterocycles. The van der Waals surface area contributed by atoms with E-state index in [4.69, 9.17) is 4.74 Å². The Balaban J connectivity index is 2.00. The highest BCUT2D eigenvalue weighted by atomic mass is 16.5. The van der Waals surface area contributed by atoms with Crippen LogP contribution in [0, 0.1) is 17.2 Å². The van der Waals surface area contributed by atoms with Crippen LogP contribution >= 0.6 is 0 Å². The fourth-order valence-corrected chi connectivity index (χ4v) is 3.30. The second-order valence-corrected chi connectivity index (χ2v) is 6.17. The topological polar surface area (TPSA) is 68.5 Å². The Kier molecular flexibility index (Phi) is 4.51. The predicted molar refractivity (Wildman–Crippen MR) is 83.9 cm³/mol. The van der Waals surface area contributed by atoms with Crippen molar-refractivity contribution in [3.05, 3.63) is 23.3 Å². The summed E-state index contributed by atoms with van der Waals surface area (Å²) in [5.41, 5.74) is 1.30. The van der Waals surface area contributed by atoms with Gasteiger partial charge in [-0.3, -0.25) is 4.90 Å². The van der Waals surface area contributed by atoms with Gasteiger partial charge in [-0.25, -0.2) is 0 Å². The van der Waals surface area contributed by atoms with Crippen molar-refractivity contribution < 1.29 is 9.84 Å². The maximum absolute atomic E-state index is 10.6. The van der Waals surface area contributed by atoms with Crippen LogP contribution in [0.5, 0.6) is 11.5 Å². The number of aromatic hydroxyl groups is 1. The first-order chi connectivity index (χ1) is 10.7. The molecule has 0 unspecified atom stereocenters. The molecule has 2 fully saturated rings. The molecule has 5 heteroatoms. The van der Waals surface area contributed by atoms with Gasteiger partial charge in [0.25, 0.3) is 0 Å². The highest BCUT2D eigenvalue weighted by Crippen LogP contribution is 2.45. The van der Waals surface area contributed by atoms with E-state index in [1.807, 2.05) is 0 Å². The number of hydrogen-bond donors (Lipinski definition) is 2. The molecular formula is C17H23N3O2. The van der Waals surface area contributed by atoms with Crippen LogP contribution < -0.4 is 10.1 Å². The van der Waals surface area contributed by atoms with Crippen molar-refractivity contribution in [2.75, 3.05) is 33.3 Å². The summed E-state index contributed by atoms with van der Waals surface area (Å²) < 4.78 is 5.25. The smallest absolute Gasteiger partial charge is 0.163 e. The van der Waals surface area contributed by atoms with Gasteiger partial charge in [0.05, 0.1) is 18.7 Å². The minimum atomic E-state index is 0.0966. The first-order valence-electron chi connectivity index (χ1n) is 7.99. The average molecular weight is 301 g/mol. The summed E-state index contributed by atoms with van der Waals surface area (Å²) in [7, 11) is 1.55. The summed E-state index contributed by atoms with van der Waals surface area (Å²) in [5, 5.41) is 23.4. The molecule has 0 radical (unpaired) electrons. The number of benzene rings is 1. The van der Waals surface area contributed by atoms with Gasteiger partial charge in [-0.2, -0.15) is 5.26 Å². The standard InChI is InChI=1S/C17H23N3O2/c1-22-15-5-4-13(11-18)16(17(15)21)14(10-12-2-3-12)20-8-6-19-7-9-20/h4-5,12,14,19,21H,2-3,6-10H2,1H3/t14-/m1/s1. The van der Waals surface area contributed by atoms with E-state index in [0.29, 0.717) is 11.3 Å². The average Bonchev–Trinajstić information content (AvgIpc) is 3.37. The highest BCUT2D eigenvalue weighted by Gasteiger charge is 2.34. The molecule has 22 heavy (non-hydrogen) atoms. The molecule has 0 aromatic heterocycles. The number of rotatable bonds is 5. The molecular weight excluding hydrogens is 278 g/mol. The minimum Gasteiger partial charge on any atom is -0.504 e. The predicted octanol–water partition coefficient (Wildman–Crippen LogP) is 2.02. The van der Waals surface area contributed by atoms with Crippen LogP contribution in [0.4, 0.5) is 0 Å². The normalized spacial score (nSPS) is 20.4. The van der Waals surface area contributed by atoms with Gasteiger partial charge in [-0.1, -0.05) is 12.8 Å². The molecule has 3 rings (SSSR count). The fraction of sp³-hybridized carbons (Fsp3) is 0.588. The summed E-state index contributed by atoms with van der Waals surface area (Å²) in [6, 6.07) is 5.77. The molecule has 1 aliphatic carbocycles. The van der Waals surface area contributed by atoms with Crippen molar-refractivity contribution in [2.45, 2.75) is 25.3 Å². The van der Waals surface area contributed by atoms with Crippen molar-refractivity contribution in [1.29, 1.82) is 5.26 Å². The summed E-state index contributed by atoms with van der Waals surface area (Å²) >= 11 is 0. The maximum atomic E-state index is 10.6. The number of phenolic OH excluding ortho intramolecular Hbond substituents is 1. The van der Waals surface area contributed by atoms with Gasteiger partial charge in [-0.05, 0) is 24.5 Å². The number of nitrogens with zero attached hydrogens (tertiary/aromatic N) is 2. The first-order valence-corrected chi connectivity index (χ1v) is 7.99. The van der Waals surface area contributed by atoms with Crippen molar-refractivity contribution in [3.63, 3.8) is 0 Å². The molecule has 1 aromatic rings. The molecule has 0 spiro atoms. The summed E-state index contributed by atoms with van der Waals surface area (Å²) in [6.07, 6.45) is 3.53. The number of ether oxygens (including phenoxy) is 1. The third-order valence-electron chi connectivity index (χ3n) is 4.70. The van der Waals surface area contributed by atoms with Crippen LogP contribution in [0.3, 0.4) is 0 Å². The Morgan fingerprint density at radius 2 is 2.14 bits per heavy atom. The van der Waals surface area contributed by atoms with E-state index in [1.54, 1.807) is 19.2 Å². The highest BCUT2D eigenvalue weighted by molar-refractivity contribution is 5.55. The second-order valence-electron chi connectivity index (χ2n) is 6.17. The lowest BCUT2D eigenvalue weighted by Gasteiger charge is -2.36. The van der Waals surface area contributed by atoms with Gasteiger partial charge >= 0.3 is 0 Å². The number of piperazine rings is 1. The van der Waals surface area contributed by atoms with E-state index in [-0.39, 0.29) is 11.8 Å². The largest absolute Gasteiger partial charge is 0.504 e. The van der Waals surface area contributed by atoms with Crippen LogP contribution in [0.1, 0.15) is 36.4 Å². The minimum absolute atomic E-state index is 0.0966. The maximum Gasteiger partial charge on any atom is 0.163 e. The van der Waals surface area contributed by atoms with Gasteiger partial charge in [0.1, 0.15) is 0 Å². The number of nitrogens with one attached hydrogen (secondary N) is 1. The van der Waals surface area contributed by atoms with Crippen molar-refractivity contribution in [2.24, 2.45) is 5.92 Å². The van der Waals surface area contributed by atoms with E-state index < -0.39 is 0 Å². The van der Waals surface area contributed by atoms with Gasteiger partial charge in [0.2, 0.25) is 0 Å². The van der Waals surface area contributed by atoms with Crippen LogP contribution in [0.15, 0.2) is 12.1 Å². The van der Waals surface area contributed by atoms with Crippen molar-refractivity contribution >= 4 is 0 Å². The third-order valence-corrected chi connectivity index (χ3v) is 4.70. The zero-order valence-electron chi connectivity index (χ0n) is 13.0. The van der Waals surface area contributed by atoms with Crippen LogP contribution in [-0.4, -0.2) is 43.3 Å². The molecule has 0 bridgehead atoms. The Labute approximate surface area is 131 Å². The van der Waals surface area contributed by atoms with Crippen molar-refractivity contribution in [1.82, 2.24) is 10.2 Å². The molecule has 1 atom stereocenters. The van der Waals surface area contributed by atoms with Gasteiger partial charge < -0.3 is 15.2 Å². The molecule has 118 valence electrons. The van der Waals surface area contributed by atoms with E-state index in [2.05, 4.69) is 16.3 Å². The Hall–Kier alpha value is -1.77. The fourth-order valence-electron chi connectivity index (χ4n) is 3.30. The first kappa shape index (κ1) is 15.1. The monoisotopic (exact) mass is 301 g/mol. The molecule has 5 nitrogen and oxygen atoms in total. The molecule has 1 saturated heterocycles. The second kappa shape index (κ2) is 6.55. The number of hydrogen-bond acceptors (Lipinski definition) is 5. The number of methoxy groups -OCH3 is 1. The summed E-state index contributed by atoms with van der Waals surface area (Å²) in [4.78, 5) is 2.39. The van der Waals surface area contributed by atoms with Crippen LogP contribution in [-0.2, 0) is 0 Å². The molecule has 0 amide bonds. The van der Waals surface area contributed by atoms with E-state index in [0.717, 1.165) is 44.1 Å². The summed E-state index contributed by atoms with van der Waals surface area (Å²) in [5.74, 6) is 1.30. The molecule has 2 N–H and O–H groups in total. The zero-order chi connectivity index (χ0) is 15.5. The van der Waals surface area contributed by atoms with E-state index in [9.17, 15) is 10.4 Å². The lowest BCUT2D eigenvalue weighted by Crippen LogP contribution is -2.45. The SMILES string of the molecule is COc1ccc(C#N)c([C@@H](CC2CC2)N2CCNCC2)c1O. The van der Waals surface area contributed by atoms with E-state index >= 15 is 0 Å². The quantitative estimate of drug-likeness (QED) is 0.871. The molecule has 1 saturated carbocycles. The summed E-state index contributed by atoms with van der Waals surface area (Å²) in [6.45, 7) is 3.79. The Bertz CT molecular complexity index is 572. The molecule has 1 aromatic carbocycles. The third kappa shape index (κ3) is 3.03. The van der Waals surface area contributed by atoms with Gasteiger partial charge in [0, 0.05) is 37.8 Å².